The Bertz CT molecular complexity index is 743. The zero-order valence-corrected chi connectivity index (χ0v) is 13.8. The lowest BCUT2D eigenvalue weighted by Crippen LogP contribution is -2.33. The quantitative estimate of drug-likeness (QED) is 0.812. The highest BCUT2D eigenvalue weighted by molar-refractivity contribution is 5.97. The number of amides is 1. The predicted molar refractivity (Wildman–Crippen MR) is 88.8 cm³/mol. The van der Waals surface area contributed by atoms with E-state index in [0.717, 1.165) is 12.8 Å². The van der Waals surface area contributed by atoms with Crippen molar-refractivity contribution in [3.8, 4) is 11.5 Å². The maximum absolute atomic E-state index is 14.0. The summed E-state index contributed by atoms with van der Waals surface area (Å²) in [6.45, 7) is 0.255. The lowest BCUT2D eigenvalue weighted by molar-refractivity contribution is 0.0725. The first-order valence-corrected chi connectivity index (χ1v) is 7.90. The van der Waals surface area contributed by atoms with Crippen molar-refractivity contribution in [3.63, 3.8) is 0 Å². The Morgan fingerprint density at radius 3 is 2.54 bits per heavy atom. The van der Waals surface area contributed by atoms with Gasteiger partial charge in [0, 0.05) is 24.2 Å². The fourth-order valence-electron chi connectivity index (χ4n) is 2.69. The highest BCUT2D eigenvalue weighted by Crippen LogP contribution is 2.33. The number of methoxy groups -OCH3 is 2. The van der Waals surface area contributed by atoms with Crippen LogP contribution in [0.3, 0.4) is 0 Å². The average molecular weight is 329 g/mol. The van der Waals surface area contributed by atoms with Crippen LogP contribution in [0.15, 0.2) is 42.5 Å². The van der Waals surface area contributed by atoms with Gasteiger partial charge in [-0.2, -0.15) is 0 Å². The number of nitrogens with zero attached hydrogens (tertiary/aromatic N) is 1. The summed E-state index contributed by atoms with van der Waals surface area (Å²) in [7, 11) is 3.08. The summed E-state index contributed by atoms with van der Waals surface area (Å²) in [5.41, 5.74) is 0.978. The van der Waals surface area contributed by atoms with Crippen LogP contribution in [0.4, 0.5) is 4.39 Å². The van der Waals surface area contributed by atoms with Crippen LogP contribution in [0.2, 0.25) is 0 Å². The second-order valence-electron chi connectivity index (χ2n) is 5.82. The molecule has 0 radical (unpaired) electrons. The number of carbonyl (C=O) groups is 1. The topological polar surface area (TPSA) is 38.8 Å². The second kappa shape index (κ2) is 6.91. The van der Waals surface area contributed by atoms with Crippen molar-refractivity contribution in [2.45, 2.75) is 25.4 Å². The smallest absolute Gasteiger partial charge is 0.258 e. The third kappa shape index (κ3) is 3.35. The molecule has 0 atom stereocenters. The molecule has 0 aliphatic heterocycles. The number of carbonyl (C=O) groups excluding carboxylic acids is 1. The molecule has 2 aromatic carbocycles. The monoisotopic (exact) mass is 329 g/mol. The molecule has 0 bridgehead atoms. The molecule has 0 aromatic heterocycles. The molecule has 24 heavy (non-hydrogen) atoms. The van der Waals surface area contributed by atoms with E-state index in [1.807, 2.05) is 0 Å². The summed E-state index contributed by atoms with van der Waals surface area (Å²) in [6.07, 6.45) is 1.89. The number of halogens is 1. The zero-order chi connectivity index (χ0) is 17.1. The van der Waals surface area contributed by atoms with Crippen LogP contribution >= 0.6 is 0 Å². The standard InChI is InChI=1S/C19H20FNO3/c1-23-15-9-10-16(18(11-15)24-2)19(22)21(14-7-8-14)12-13-5-3-4-6-17(13)20/h3-6,9-11,14H,7-8,12H2,1-2H3. The molecular weight excluding hydrogens is 309 g/mol. The fraction of sp³-hybridized carbons (Fsp3) is 0.316. The van der Waals surface area contributed by atoms with Gasteiger partial charge in [-0.3, -0.25) is 4.79 Å². The predicted octanol–water partition coefficient (Wildman–Crippen LogP) is 3.65. The number of rotatable bonds is 6. The lowest BCUT2D eigenvalue weighted by atomic mass is 10.1. The largest absolute Gasteiger partial charge is 0.497 e. The molecule has 2 aromatic rings. The Balaban J connectivity index is 1.89. The molecule has 0 spiro atoms. The third-order valence-corrected chi connectivity index (χ3v) is 4.19. The molecule has 5 heteroatoms. The van der Waals surface area contributed by atoms with E-state index in [-0.39, 0.29) is 24.3 Å². The van der Waals surface area contributed by atoms with Crippen molar-refractivity contribution in [3.05, 3.63) is 59.4 Å². The minimum absolute atomic E-state index is 0.153. The Morgan fingerprint density at radius 1 is 1.17 bits per heavy atom. The maximum Gasteiger partial charge on any atom is 0.258 e. The number of ether oxygens (including phenoxy) is 2. The first-order chi connectivity index (χ1) is 11.6. The summed E-state index contributed by atoms with van der Waals surface area (Å²) in [6, 6.07) is 11.8. The molecule has 1 aliphatic carbocycles. The average Bonchev–Trinajstić information content (AvgIpc) is 3.44. The van der Waals surface area contributed by atoms with Crippen LogP contribution < -0.4 is 9.47 Å². The van der Waals surface area contributed by atoms with E-state index in [9.17, 15) is 9.18 Å². The van der Waals surface area contributed by atoms with Crippen molar-refractivity contribution in [1.29, 1.82) is 0 Å². The molecule has 1 aliphatic rings. The highest BCUT2D eigenvalue weighted by Gasteiger charge is 2.34. The van der Waals surface area contributed by atoms with Gasteiger partial charge in [0.25, 0.3) is 5.91 Å². The van der Waals surface area contributed by atoms with Gasteiger partial charge in [-0.15, -0.1) is 0 Å². The van der Waals surface area contributed by atoms with Gasteiger partial charge in [0.05, 0.1) is 19.8 Å². The van der Waals surface area contributed by atoms with Gasteiger partial charge < -0.3 is 14.4 Å². The van der Waals surface area contributed by atoms with Crippen LogP contribution in [-0.2, 0) is 6.54 Å². The summed E-state index contributed by atoms with van der Waals surface area (Å²) in [5.74, 6) is 0.631. The van der Waals surface area contributed by atoms with E-state index in [1.165, 1.54) is 13.2 Å². The van der Waals surface area contributed by atoms with Crippen molar-refractivity contribution >= 4 is 5.91 Å². The Kier molecular flexibility index (Phi) is 4.69. The van der Waals surface area contributed by atoms with Crippen LogP contribution in [0, 0.1) is 5.82 Å². The van der Waals surface area contributed by atoms with E-state index >= 15 is 0 Å². The molecule has 0 saturated heterocycles. The minimum atomic E-state index is -0.294. The lowest BCUT2D eigenvalue weighted by Gasteiger charge is -2.24. The Morgan fingerprint density at radius 2 is 1.92 bits per heavy atom. The molecule has 0 unspecified atom stereocenters. The van der Waals surface area contributed by atoms with E-state index in [2.05, 4.69) is 0 Å². The summed E-state index contributed by atoms with van der Waals surface area (Å²) in [5, 5.41) is 0. The first kappa shape index (κ1) is 16.3. The molecule has 4 nitrogen and oxygen atoms in total. The molecule has 0 heterocycles. The molecule has 0 N–H and O–H groups in total. The van der Waals surface area contributed by atoms with Gasteiger partial charge in [0.2, 0.25) is 0 Å². The normalized spacial score (nSPS) is 13.5. The molecule has 126 valence electrons. The molecule has 3 rings (SSSR count). The van der Waals surface area contributed by atoms with Gasteiger partial charge in [-0.1, -0.05) is 18.2 Å². The third-order valence-electron chi connectivity index (χ3n) is 4.19. The van der Waals surface area contributed by atoms with Gasteiger partial charge in [0.15, 0.2) is 0 Å². The molecular formula is C19H20FNO3. The highest BCUT2D eigenvalue weighted by atomic mass is 19.1. The Hall–Kier alpha value is -2.56. The van der Waals surface area contributed by atoms with Gasteiger partial charge >= 0.3 is 0 Å². The van der Waals surface area contributed by atoms with E-state index < -0.39 is 0 Å². The van der Waals surface area contributed by atoms with Crippen LogP contribution in [0.1, 0.15) is 28.8 Å². The Labute approximate surface area is 140 Å². The number of hydrogen-bond donors (Lipinski definition) is 0. The van der Waals surface area contributed by atoms with E-state index in [1.54, 1.807) is 48.4 Å². The molecule has 1 fully saturated rings. The SMILES string of the molecule is COc1ccc(C(=O)N(Cc2ccccc2F)C2CC2)c(OC)c1. The van der Waals surface area contributed by atoms with Crippen LogP contribution in [0.5, 0.6) is 11.5 Å². The van der Waals surface area contributed by atoms with Crippen molar-refractivity contribution in [2.24, 2.45) is 0 Å². The van der Waals surface area contributed by atoms with E-state index in [4.69, 9.17) is 9.47 Å². The first-order valence-electron chi connectivity index (χ1n) is 7.90. The summed E-state index contributed by atoms with van der Waals surface area (Å²) >= 11 is 0. The van der Waals surface area contributed by atoms with E-state index in [0.29, 0.717) is 22.6 Å². The van der Waals surface area contributed by atoms with Gasteiger partial charge in [0.1, 0.15) is 17.3 Å². The van der Waals surface area contributed by atoms with Gasteiger partial charge in [-0.25, -0.2) is 4.39 Å². The summed E-state index contributed by atoms with van der Waals surface area (Å²) in [4.78, 5) is 14.7. The summed E-state index contributed by atoms with van der Waals surface area (Å²) < 4.78 is 24.5. The van der Waals surface area contributed by atoms with Gasteiger partial charge in [-0.05, 0) is 31.0 Å². The second-order valence-corrected chi connectivity index (χ2v) is 5.82. The van der Waals surface area contributed by atoms with Crippen LogP contribution in [0.25, 0.3) is 0 Å². The zero-order valence-electron chi connectivity index (χ0n) is 13.8. The fourth-order valence-corrected chi connectivity index (χ4v) is 2.69. The number of benzene rings is 2. The van der Waals surface area contributed by atoms with Crippen molar-refractivity contribution in [2.75, 3.05) is 14.2 Å². The molecule has 1 amide bonds. The molecule has 1 saturated carbocycles. The number of hydrogen-bond acceptors (Lipinski definition) is 3. The van der Waals surface area contributed by atoms with Crippen molar-refractivity contribution in [1.82, 2.24) is 4.90 Å². The van der Waals surface area contributed by atoms with Crippen molar-refractivity contribution < 1.29 is 18.7 Å². The van der Waals surface area contributed by atoms with Crippen LogP contribution in [-0.4, -0.2) is 31.1 Å². The minimum Gasteiger partial charge on any atom is -0.497 e. The maximum atomic E-state index is 14.0.